The van der Waals surface area contributed by atoms with Crippen molar-refractivity contribution in [2.24, 2.45) is 0 Å². The molecule has 0 fully saturated rings. The van der Waals surface area contributed by atoms with E-state index in [0.29, 0.717) is 16.7 Å². The molecule has 0 aliphatic rings. The molecule has 3 rings (SSSR count). The molecule has 1 N–H and O–H groups in total. The van der Waals surface area contributed by atoms with Gasteiger partial charge in [-0.1, -0.05) is 72.8 Å². The van der Waals surface area contributed by atoms with E-state index >= 15 is 0 Å². The Morgan fingerprint density at radius 3 is 2.46 bits per heavy atom. The Bertz CT molecular complexity index is 843. The zero-order valence-corrected chi connectivity index (χ0v) is 14.8. The Balaban J connectivity index is 2.00. The van der Waals surface area contributed by atoms with Gasteiger partial charge in [-0.05, 0) is 29.7 Å². The molecule has 4 nitrogen and oxygen atoms in total. The zero-order valence-electron chi connectivity index (χ0n) is 13.3. The molecule has 24 heavy (non-hydrogen) atoms. The molecule has 0 radical (unpaired) electrons. The second-order valence-electron chi connectivity index (χ2n) is 5.42. The second-order valence-corrected chi connectivity index (χ2v) is 6.93. The monoisotopic (exact) mass is 359 g/mol. The summed E-state index contributed by atoms with van der Waals surface area (Å²) < 4.78 is 1.69. The van der Waals surface area contributed by atoms with E-state index in [0.717, 1.165) is 17.5 Å². The van der Waals surface area contributed by atoms with Gasteiger partial charge >= 0.3 is 5.69 Å². The summed E-state index contributed by atoms with van der Waals surface area (Å²) in [5, 5.41) is 8.20. The molecule has 2 aromatic carbocycles. The van der Waals surface area contributed by atoms with Gasteiger partial charge in [-0.15, -0.1) is 5.10 Å². The van der Waals surface area contributed by atoms with Crippen LogP contribution in [0.5, 0.6) is 0 Å². The molecular formula is C18H18ClN3OS. The number of nitrogens with zero attached hydrogens (tertiary/aromatic N) is 2. The molecule has 0 aliphatic heterocycles. The third-order valence-corrected chi connectivity index (χ3v) is 5.22. The van der Waals surface area contributed by atoms with E-state index < -0.39 is 0 Å². The lowest BCUT2D eigenvalue weighted by Crippen LogP contribution is -2.17. The third kappa shape index (κ3) is 3.74. The van der Waals surface area contributed by atoms with Crippen molar-refractivity contribution in [3.63, 3.8) is 0 Å². The number of hydrogen-bond donors (Lipinski definition) is 1. The smallest absolute Gasteiger partial charge is 0.270 e. The molecule has 0 bridgehead atoms. The van der Waals surface area contributed by atoms with Crippen LogP contribution in [-0.4, -0.2) is 14.8 Å². The Morgan fingerprint density at radius 1 is 1.12 bits per heavy atom. The highest BCUT2D eigenvalue weighted by molar-refractivity contribution is 7.99. The number of benzene rings is 2. The summed E-state index contributed by atoms with van der Waals surface area (Å²) in [7, 11) is 0. The normalized spacial score (nSPS) is 12.2. The van der Waals surface area contributed by atoms with Crippen LogP contribution in [0.3, 0.4) is 0 Å². The first-order valence-electron chi connectivity index (χ1n) is 7.81. The lowest BCUT2D eigenvalue weighted by Gasteiger charge is -2.17. The maximum absolute atomic E-state index is 11.9. The summed E-state index contributed by atoms with van der Waals surface area (Å²) in [6.07, 6.45) is 0.879. The standard InChI is InChI=1S/C18H18ClN3OS/c1-2-12-22-17(23)20-21-18(22)24-16(13-6-4-3-5-7-13)14-8-10-15(19)11-9-14/h3-11,16H,2,12H2,1H3,(H,20,23)/t16-/m0/s1. The van der Waals surface area contributed by atoms with Gasteiger partial charge in [-0.2, -0.15) is 0 Å². The van der Waals surface area contributed by atoms with Gasteiger partial charge in [0, 0.05) is 11.6 Å². The highest BCUT2D eigenvalue weighted by Crippen LogP contribution is 2.39. The van der Waals surface area contributed by atoms with E-state index in [-0.39, 0.29) is 10.9 Å². The van der Waals surface area contributed by atoms with Crippen LogP contribution in [0.15, 0.2) is 64.5 Å². The van der Waals surface area contributed by atoms with Crippen LogP contribution < -0.4 is 5.69 Å². The highest BCUT2D eigenvalue weighted by Gasteiger charge is 2.19. The predicted molar refractivity (Wildman–Crippen MR) is 98.7 cm³/mol. The molecule has 0 saturated carbocycles. The topological polar surface area (TPSA) is 50.7 Å². The molecule has 124 valence electrons. The summed E-state index contributed by atoms with van der Waals surface area (Å²) in [4.78, 5) is 11.9. The van der Waals surface area contributed by atoms with Gasteiger partial charge in [-0.25, -0.2) is 9.89 Å². The van der Waals surface area contributed by atoms with Crippen molar-refractivity contribution < 1.29 is 0 Å². The van der Waals surface area contributed by atoms with Crippen LogP contribution in [0.25, 0.3) is 0 Å². The molecule has 0 amide bonds. The molecule has 1 atom stereocenters. The Kier molecular flexibility index (Phi) is 5.43. The van der Waals surface area contributed by atoms with Crippen molar-refractivity contribution in [1.82, 2.24) is 14.8 Å². The molecular weight excluding hydrogens is 342 g/mol. The van der Waals surface area contributed by atoms with E-state index in [4.69, 9.17) is 11.6 Å². The number of rotatable bonds is 6. The van der Waals surface area contributed by atoms with Gasteiger partial charge in [0.2, 0.25) is 0 Å². The molecule has 1 aromatic heterocycles. The largest absolute Gasteiger partial charge is 0.343 e. The minimum atomic E-state index is -0.165. The van der Waals surface area contributed by atoms with Gasteiger partial charge in [0.1, 0.15) is 0 Å². The van der Waals surface area contributed by atoms with Gasteiger partial charge in [0.25, 0.3) is 0 Å². The first-order chi connectivity index (χ1) is 11.7. The average Bonchev–Trinajstić information content (AvgIpc) is 2.95. The van der Waals surface area contributed by atoms with E-state index in [1.807, 2.05) is 49.4 Å². The number of hydrogen-bond acceptors (Lipinski definition) is 3. The predicted octanol–water partition coefficient (Wildman–Crippen LogP) is 4.52. The Labute approximate surface area is 149 Å². The zero-order chi connectivity index (χ0) is 16.9. The maximum Gasteiger partial charge on any atom is 0.343 e. The average molecular weight is 360 g/mol. The van der Waals surface area contributed by atoms with Crippen LogP contribution >= 0.6 is 23.4 Å². The number of nitrogens with one attached hydrogen (secondary N) is 1. The minimum absolute atomic E-state index is 0.0364. The first-order valence-corrected chi connectivity index (χ1v) is 9.07. The lowest BCUT2D eigenvalue weighted by molar-refractivity contribution is 0.603. The van der Waals surface area contributed by atoms with Gasteiger partial charge in [0.05, 0.1) is 5.25 Å². The lowest BCUT2D eigenvalue weighted by atomic mass is 10.0. The summed E-state index contributed by atoms with van der Waals surface area (Å²) in [5.74, 6) is 0. The number of thioether (sulfide) groups is 1. The molecule has 0 unspecified atom stereocenters. The fourth-order valence-electron chi connectivity index (χ4n) is 2.51. The van der Waals surface area contributed by atoms with Crippen molar-refractivity contribution in [1.29, 1.82) is 0 Å². The van der Waals surface area contributed by atoms with Crippen LogP contribution in [0.4, 0.5) is 0 Å². The first kappa shape index (κ1) is 16.9. The van der Waals surface area contributed by atoms with Gasteiger partial charge in [-0.3, -0.25) is 4.57 Å². The summed E-state index contributed by atoms with van der Waals surface area (Å²) >= 11 is 7.59. The Morgan fingerprint density at radius 2 is 1.79 bits per heavy atom. The van der Waals surface area contributed by atoms with E-state index in [1.54, 1.807) is 16.3 Å². The SMILES string of the molecule is CCCn1c(S[C@@H](c2ccccc2)c2ccc(Cl)cc2)n[nH]c1=O. The molecule has 0 aliphatic carbocycles. The van der Waals surface area contributed by atoms with Crippen molar-refractivity contribution in [3.05, 3.63) is 81.2 Å². The fraction of sp³-hybridized carbons (Fsp3) is 0.222. The van der Waals surface area contributed by atoms with Crippen molar-refractivity contribution in [2.45, 2.75) is 30.3 Å². The van der Waals surface area contributed by atoms with Crippen molar-refractivity contribution >= 4 is 23.4 Å². The van der Waals surface area contributed by atoms with Crippen molar-refractivity contribution in [2.75, 3.05) is 0 Å². The minimum Gasteiger partial charge on any atom is -0.270 e. The van der Waals surface area contributed by atoms with E-state index in [9.17, 15) is 4.79 Å². The van der Waals surface area contributed by atoms with E-state index in [1.165, 1.54) is 0 Å². The fourth-order valence-corrected chi connectivity index (χ4v) is 3.84. The summed E-state index contributed by atoms with van der Waals surface area (Å²) in [6.45, 7) is 2.70. The molecule has 1 heterocycles. The third-order valence-electron chi connectivity index (χ3n) is 3.67. The molecule has 3 aromatic rings. The highest BCUT2D eigenvalue weighted by atomic mass is 35.5. The second kappa shape index (κ2) is 7.73. The molecule has 0 saturated heterocycles. The maximum atomic E-state index is 11.9. The van der Waals surface area contributed by atoms with E-state index in [2.05, 4.69) is 22.3 Å². The van der Waals surface area contributed by atoms with Gasteiger partial charge in [0.15, 0.2) is 5.16 Å². The number of aromatic nitrogens is 3. The number of H-pyrrole nitrogens is 1. The molecule has 0 spiro atoms. The quantitative estimate of drug-likeness (QED) is 0.658. The van der Waals surface area contributed by atoms with Gasteiger partial charge < -0.3 is 0 Å². The van der Waals surface area contributed by atoms with Crippen LogP contribution in [0, 0.1) is 0 Å². The summed E-state index contributed by atoms with van der Waals surface area (Å²) in [6, 6.07) is 18.0. The Hall–Kier alpha value is -1.98. The molecule has 6 heteroatoms. The van der Waals surface area contributed by atoms with Crippen LogP contribution in [0.1, 0.15) is 29.7 Å². The number of halogens is 1. The number of aromatic amines is 1. The van der Waals surface area contributed by atoms with Crippen LogP contribution in [0.2, 0.25) is 5.02 Å². The van der Waals surface area contributed by atoms with Crippen LogP contribution in [-0.2, 0) is 6.54 Å². The summed E-state index contributed by atoms with van der Waals surface area (Å²) in [5.41, 5.74) is 2.11. The van der Waals surface area contributed by atoms with Crippen molar-refractivity contribution in [3.8, 4) is 0 Å².